The molecule has 0 bridgehead atoms. The number of hydrogen-bond acceptors (Lipinski definition) is 3. The van der Waals surface area contributed by atoms with E-state index in [1.54, 1.807) is 0 Å². The SMILES string of the molecule is COc1cc(Cl)cc(C(=O)C(C)N)c1F. The van der Waals surface area contributed by atoms with Gasteiger partial charge < -0.3 is 10.5 Å². The Bertz CT molecular complexity index is 393. The molecular weight excluding hydrogens is 221 g/mol. The Kier molecular flexibility index (Phi) is 3.66. The van der Waals surface area contributed by atoms with E-state index < -0.39 is 17.6 Å². The second-order valence-corrected chi connectivity index (χ2v) is 3.56. The average molecular weight is 232 g/mol. The molecule has 0 aliphatic rings. The van der Waals surface area contributed by atoms with Gasteiger partial charge >= 0.3 is 0 Å². The van der Waals surface area contributed by atoms with Crippen LogP contribution in [-0.4, -0.2) is 18.9 Å². The van der Waals surface area contributed by atoms with Gasteiger partial charge in [-0.15, -0.1) is 0 Å². The molecule has 1 atom stereocenters. The molecule has 3 nitrogen and oxygen atoms in total. The normalized spacial score (nSPS) is 12.3. The van der Waals surface area contributed by atoms with E-state index in [-0.39, 0.29) is 16.3 Å². The molecule has 2 N–H and O–H groups in total. The first-order chi connectivity index (χ1) is 6.97. The number of halogens is 2. The average Bonchev–Trinajstić information content (AvgIpc) is 2.19. The first kappa shape index (κ1) is 11.9. The standard InChI is InChI=1S/C10H11ClFNO2/c1-5(13)10(14)7-3-6(11)4-8(15-2)9(7)12/h3-5H,13H2,1-2H3. The highest BCUT2D eigenvalue weighted by molar-refractivity contribution is 6.31. The number of hydrogen-bond donors (Lipinski definition) is 1. The summed E-state index contributed by atoms with van der Waals surface area (Å²) in [6, 6.07) is 1.77. The van der Waals surface area contributed by atoms with Gasteiger partial charge in [-0.3, -0.25) is 4.79 Å². The van der Waals surface area contributed by atoms with Crippen LogP contribution in [0.3, 0.4) is 0 Å². The first-order valence-electron chi connectivity index (χ1n) is 4.30. The van der Waals surface area contributed by atoms with Crippen molar-refractivity contribution in [2.45, 2.75) is 13.0 Å². The lowest BCUT2D eigenvalue weighted by molar-refractivity contribution is 0.0963. The number of carbonyl (C=O) groups excluding carboxylic acids is 1. The molecule has 0 amide bonds. The molecule has 0 aromatic heterocycles. The summed E-state index contributed by atoms with van der Waals surface area (Å²) < 4.78 is 18.3. The lowest BCUT2D eigenvalue weighted by Crippen LogP contribution is -2.27. The van der Waals surface area contributed by atoms with Gasteiger partial charge in [0, 0.05) is 11.1 Å². The molecule has 1 unspecified atom stereocenters. The van der Waals surface area contributed by atoms with Crippen molar-refractivity contribution in [2.24, 2.45) is 5.73 Å². The maximum atomic E-state index is 13.6. The van der Waals surface area contributed by atoms with Gasteiger partial charge in [-0.05, 0) is 13.0 Å². The van der Waals surface area contributed by atoms with Crippen molar-refractivity contribution in [1.29, 1.82) is 0 Å². The third kappa shape index (κ3) is 2.46. The van der Waals surface area contributed by atoms with Crippen LogP contribution in [-0.2, 0) is 0 Å². The van der Waals surface area contributed by atoms with Gasteiger partial charge in [0.2, 0.25) is 0 Å². The second-order valence-electron chi connectivity index (χ2n) is 3.12. The summed E-state index contributed by atoms with van der Waals surface area (Å²) in [6.45, 7) is 1.48. The van der Waals surface area contributed by atoms with E-state index in [9.17, 15) is 9.18 Å². The Balaban J connectivity index is 3.29. The Labute approximate surface area is 92.0 Å². The highest BCUT2D eigenvalue weighted by Crippen LogP contribution is 2.26. The largest absolute Gasteiger partial charge is 0.494 e. The van der Waals surface area contributed by atoms with Crippen molar-refractivity contribution in [3.05, 3.63) is 28.5 Å². The molecule has 0 saturated carbocycles. The van der Waals surface area contributed by atoms with E-state index in [0.717, 1.165) is 0 Å². The monoisotopic (exact) mass is 231 g/mol. The molecule has 0 aliphatic carbocycles. The Hall–Kier alpha value is -1.13. The molecule has 82 valence electrons. The third-order valence-electron chi connectivity index (χ3n) is 1.90. The van der Waals surface area contributed by atoms with Crippen molar-refractivity contribution in [3.63, 3.8) is 0 Å². The zero-order chi connectivity index (χ0) is 11.6. The summed E-state index contributed by atoms with van der Waals surface area (Å²) in [5.74, 6) is -1.30. The Morgan fingerprint density at radius 1 is 1.60 bits per heavy atom. The van der Waals surface area contributed by atoms with Gasteiger partial charge in [0.05, 0.1) is 18.7 Å². The predicted octanol–water partition coefficient (Wildman–Crippen LogP) is 2.02. The molecule has 1 aromatic carbocycles. The van der Waals surface area contributed by atoms with E-state index in [4.69, 9.17) is 22.1 Å². The molecule has 0 heterocycles. The van der Waals surface area contributed by atoms with Gasteiger partial charge in [-0.1, -0.05) is 11.6 Å². The molecule has 15 heavy (non-hydrogen) atoms. The van der Waals surface area contributed by atoms with Crippen LogP contribution in [0.1, 0.15) is 17.3 Å². The van der Waals surface area contributed by atoms with E-state index in [2.05, 4.69) is 0 Å². The minimum Gasteiger partial charge on any atom is -0.494 e. The summed E-state index contributed by atoms with van der Waals surface area (Å²) in [5.41, 5.74) is 5.23. The topological polar surface area (TPSA) is 52.3 Å². The molecule has 1 rings (SSSR count). The van der Waals surface area contributed by atoms with Gasteiger partial charge in [-0.25, -0.2) is 4.39 Å². The fourth-order valence-electron chi connectivity index (χ4n) is 1.14. The first-order valence-corrected chi connectivity index (χ1v) is 4.68. The summed E-state index contributed by atoms with van der Waals surface area (Å²) in [4.78, 5) is 11.5. The van der Waals surface area contributed by atoms with Crippen molar-refractivity contribution in [3.8, 4) is 5.75 Å². The number of benzene rings is 1. The predicted molar refractivity (Wildman–Crippen MR) is 55.9 cm³/mol. The number of ether oxygens (including phenoxy) is 1. The number of carbonyl (C=O) groups is 1. The summed E-state index contributed by atoms with van der Waals surface area (Å²) >= 11 is 5.71. The van der Waals surface area contributed by atoms with Crippen molar-refractivity contribution in [2.75, 3.05) is 7.11 Å². The van der Waals surface area contributed by atoms with Crippen LogP contribution in [0.5, 0.6) is 5.75 Å². The molecule has 0 spiro atoms. The maximum Gasteiger partial charge on any atom is 0.182 e. The lowest BCUT2D eigenvalue weighted by Gasteiger charge is -2.09. The van der Waals surface area contributed by atoms with Crippen LogP contribution >= 0.6 is 11.6 Å². The number of methoxy groups -OCH3 is 1. The van der Waals surface area contributed by atoms with Crippen LogP contribution in [0.25, 0.3) is 0 Å². The molecule has 0 saturated heterocycles. The minimum atomic E-state index is -0.775. The second kappa shape index (κ2) is 4.59. The number of Topliss-reactive ketones (excluding diaryl/α,β-unsaturated/α-hetero) is 1. The number of nitrogens with two attached hydrogens (primary N) is 1. The fraction of sp³-hybridized carbons (Fsp3) is 0.300. The summed E-state index contributed by atoms with van der Waals surface area (Å²) in [6.07, 6.45) is 0. The van der Waals surface area contributed by atoms with Crippen LogP contribution < -0.4 is 10.5 Å². The highest BCUT2D eigenvalue weighted by Gasteiger charge is 2.19. The Morgan fingerprint density at radius 2 is 2.20 bits per heavy atom. The van der Waals surface area contributed by atoms with Gasteiger partial charge in [-0.2, -0.15) is 0 Å². The van der Waals surface area contributed by atoms with Crippen LogP contribution in [0, 0.1) is 5.82 Å². The van der Waals surface area contributed by atoms with Crippen LogP contribution in [0.4, 0.5) is 4.39 Å². The quantitative estimate of drug-likeness (QED) is 0.810. The molecule has 5 heteroatoms. The summed E-state index contributed by atoms with van der Waals surface area (Å²) in [7, 11) is 1.30. The Morgan fingerprint density at radius 3 is 2.67 bits per heavy atom. The molecule has 0 aliphatic heterocycles. The molecule has 0 radical (unpaired) electrons. The van der Waals surface area contributed by atoms with Gasteiger partial charge in [0.1, 0.15) is 0 Å². The maximum absolute atomic E-state index is 13.6. The van der Waals surface area contributed by atoms with Gasteiger partial charge in [0.25, 0.3) is 0 Å². The van der Waals surface area contributed by atoms with Crippen LogP contribution in [0.2, 0.25) is 5.02 Å². The number of ketones is 1. The van der Waals surface area contributed by atoms with E-state index in [1.165, 1.54) is 26.2 Å². The summed E-state index contributed by atoms with van der Waals surface area (Å²) in [5, 5.41) is 0.234. The van der Waals surface area contributed by atoms with E-state index in [1.807, 2.05) is 0 Å². The van der Waals surface area contributed by atoms with Crippen LogP contribution in [0.15, 0.2) is 12.1 Å². The minimum absolute atomic E-state index is 0.0634. The lowest BCUT2D eigenvalue weighted by atomic mass is 10.1. The fourth-order valence-corrected chi connectivity index (χ4v) is 1.35. The zero-order valence-corrected chi connectivity index (χ0v) is 9.14. The van der Waals surface area contributed by atoms with E-state index in [0.29, 0.717) is 0 Å². The van der Waals surface area contributed by atoms with Gasteiger partial charge in [0.15, 0.2) is 17.3 Å². The third-order valence-corrected chi connectivity index (χ3v) is 2.12. The molecule has 0 fully saturated rings. The van der Waals surface area contributed by atoms with Crippen molar-refractivity contribution >= 4 is 17.4 Å². The van der Waals surface area contributed by atoms with Crippen molar-refractivity contribution in [1.82, 2.24) is 0 Å². The van der Waals surface area contributed by atoms with Crippen molar-refractivity contribution < 1.29 is 13.9 Å². The zero-order valence-electron chi connectivity index (χ0n) is 8.38. The molecular formula is C10H11ClFNO2. The smallest absolute Gasteiger partial charge is 0.182 e. The highest BCUT2D eigenvalue weighted by atomic mass is 35.5. The van der Waals surface area contributed by atoms with E-state index >= 15 is 0 Å². The number of rotatable bonds is 3. The molecule has 1 aromatic rings.